The number of nitriles is 1. The number of aromatic carboxylic acids is 1. The predicted molar refractivity (Wildman–Crippen MR) is 50.5 cm³/mol. The Morgan fingerprint density at radius 3 is 2.93 bits per heavy atom. The zero-order valence-corrected chi connectivity index (χ0v) is 7.32. The molecule has 0 unspecified atom stereocenters. The third-order valence-corrected chi connectivity index (χ3v) is 1.51. The number of rotatable bonds is 1. The van der Waals surface area contributed by atoms with Crippen LogP contribution in [0, 0.1) is 23.2 Å². The van der Waals surface area contributed by atoms with Crippen LogP contribution in [-0.4, -0.2) is 11.1 Å². The Morgan fingerprint density at radius 1 is 1.50 bits per heavy atom. The minimum absolute atomic E-state index is 0.150. The van der Waals surface area contributed by atoms with Crippen molar-refractivity contribution in [2.75, 3.05) is 0 Å². The smallest absolute Gasteiger partial charge is 0.335 e. The lowest BCUT2D eigenvalue weighted by atomic mass is 10.1. The van der Waals surface area contributed by atoms with Gasteiger partial charge in [0.05, 0.1) is 18.1 Å². The van der Waals surface area contributed by atoms with Crippen molar-refractivity contribution in [2.24, 2.45) is 0 Å². The molecule has 0 saturated heterocycles. The van der Waals surface area contributed by atoms with Gasteiger partial charge in [-0.15, -0.1) is 0 Å². The maximum Gasteiger partial charge on any atom is 0.335 e. The van der Waals surface area contributed by atoms with E-state index in [1.54, 1.807) is 12.1 Å². The summed E-state index contributed by atoms with van der Waals surface area (Å²) in [5.41, 5.74) is 0.814. The van der Waals surface area contributed by atoms with Crippen molar-refractivity contribution in [3.05, 3.63) is 35.4 Å². The van der Waals surface area contributed by atoms with Crippen LogP contribution in [0.2, 0.25) is 0 Å². The minimum atomic E-state index is -0.978. The van der Waals surface area contributed by atoms with E-state index in [2.05, 4.69) is 11.8 Å². The maximum absolute atomic E-state index is 10.6. The standard InChI is InChI=1S/C11H7NO2/c12-7-2-1-4-9-5-3-6-10(8-9)11(13)14/h3,5-6,8H,2H2,(H,13,14). The molecule has 0 fully saturated rings. The number of carboxylic acid groups (broad SMARTS) is 1. The molecule has 1 aromatic carbocycles. The zero-order valence-electron chi connectivity index (χ0n) is 7.32. The van der Waals surface area contributed by atoms with Gasteiger partial charge in [0.25, 0.3) is 0 Å². The summed E-state index contributed by atoms with van der Waals surface area (Å²) in [7, 11) is 0. The molecule has 0 heterocycles. The third kappa shape index (κ3) is 2.66. The maximum atomic E-state index is 10.6. The molecule has 14 heavy (non-hydrogen) atoms. The average Bonchev–Trinajstić information content (AvgIpc) is 2.19. The number of carboxylic acids is 1. The fourth-order valence-electron chi connectivity index (χ4n) is 0.916. The lowest BCUT2D eigenvalue weighted by molar-refractivity contribution is 0.0697. The molecule has 1 rings (SSSR count). The van der Waals surface area contributed by atoms with E-state index in [-0.39, 0.29) is 12.0 Å². The van der Waals surface area contributed by atoms with E-state index in [0.29, 0.717) is 5.56 Å². The van der Waals surface area contributed by atoms with Gasteiger partial charge in [-0.1, -0.05) is 17.9 Å². The Labute approximate surface area is 81.6 Å². The molecule has 0 spiro atoms. The van der Waals surface area contributed by atoms with Gasteiger partial charge in [-0.25, -0.2) is 4.79 Å². The second-order valence-electron chi connectivity index (χ2n) is 2.52. The van der Waals surface area contributed by atoms with Crippen LogP contribution in [0.1, 0.15) is 22.3 Å². The van der Waals surface area contributed by atoms with E-state index in [1.165, 1.54) is 12.1 Å². The van der Waals surface area contributed by atoms with Crippen molar-refractivity contribution < 1.29 is 9.90 Å². The van der Waals surface area contributed by atoms with Crippen LogP contribution in [0.5, 0.6) is 0 Å². The molecule has 0 aromatic heterocycles. The second kappa shape index (κ2) is 4.69. The number of hydrogen-bond donors (Lipinski definition) is 1. The van der Waals surface area contributed by atoms with Crippen molar-refractivity contribution in [1.82, 2.24) is 0 Å². The molecule has 3 nitrogen and oxygen atoms in total. The predicted octanol–water partition coefficient (Wildman–Crippen LogP) is 1.65. The van der Waals surface area contributed by atoms with Crippen molar-refractivity contribution in [3.8, 4) is 17.9 Å². The molecule has 0 aliphatic rings. The monoisotopic (exact) mass is 185 g/mol. The van der Waals surface area contributed by atoms with Gasteiger partial charge in [0.15, 0.2) is 0 Å². The number of nitrogens with zero attached hydrogens (tertiary/aromatic N) is 1. The molecule has 68 valence electrons. The number of carbonyl (C=O) groups is 1. The number of hydrogen-bond acceptors (Lipinski definition) is 2. The summed E-state index contributed by atoms with van der Waals surface area (Å²) < 4.78 is 0. The normalized spacial score (nSPS) is 8.21. The van der Waals surface area contributed by atoms with E-state index in [9.17, 15) is 4.79 Å². The van der Waals surface area contributed by atoms with Gasteiger partial charge in [0.2, 0.25) is 0 Å². The van der Waals surface area contributed by atoms with Gasteiger partial charge in [-0.05, 0) is 18.2 Å². The van der Waals surface area contributed by atoms with E-state index >= 15 is 0 Å². The summed E-state index contributed by atoms with van der Waals surface area (Å²) in [6, 6.07) is 8.19. The molecule has 3 heteroatoms. The lowest BCUT2D eigenvalue weighted by Crippen LogP contribution is -1.95. The van der Waals surface area contributed by atoms with Gasteiger partial charge >= 0.3 is 5.97 Å². The first-order valence-electron chi connectivity index (χ1n) is 3.93. The molecule has 1 N–H and O–H groups in total. The molecule has 0 bridgehead atoms. The molecule has 0 radical (unpaired) electrons. The second-order valence-corrected chi connectivity index (χ2v) is 2.52. The summed E-state index contributed by atoms with van der Waals surface area (Å²) in [6.07, 6.45) is 0.150. The average molecular weight is 185 g/mol. The molecule has 0 atom stereocenters. The van der Waals surface area contributed by atoms with Crippen LogP contribution in [0.25, 0.3) is 0 Å². The highest BCUT2D eigenvalue weighted by atomic mass is 16.4. The van der Waals surface area contributed by atoms with Crippen LogP contribution >= 0.6 is 0 Å². The van der Waals surface area contributed by atoms with Crippen molar-refractivity contribution in [3.63, 3.8) is 0 Å². The summed E-state index contributed by atoms with van der Waals surface area (Å²) in [5.74, 6) is 4.34. The largest absolute Gasteiger partial charge is 0.478 e. The highest BCUT2D eigenvalue weighted by molar-refractivity contribution is 5.87. The molecular formula is C11H7NO2. The molecular weight excluding hydrogens is 178 g/mol. The van der Waals surface area contributed by atoms with Crippen molar-refractivity contribution >= 4 is 5.97 Å². The Hall–Kier alpha value is -2.26. The Kier molecular flexibility index (Phi) is 3.29. The lowest BCUT2D eigenvalue weighted by Gasteiger charge is -1.93. The fraction of sp³-hybridized carbons (Fsp3) is 0.0909. The van der Waals surface area contributed by atoms with Crippen LogP contribution < -0.4 is 0 Å². The van der Waals surface area contributed by atoms with E-state index < -0.39 is 5.97 Å². The Morgan fingerprint density at radius 2 is 2.29 bits per heavy atom. The molecule has 0 aliphatic carbocycles. The summed E-state index contributed by atoms with van der Waals surface area (Å²) in [5, 5.41) is 16.9. The number of benzene rings is 1. The minimum Gasteiger partial charge on any atom is -0.478 e. The zero-order chi connectivity index (χ0) is 10.4. The first kappa shape index (κ1) is 9.83. The molecule has 0 amide bonds. The highest BCUT2D eigenvalue weighted by Gasteiger charge is 2.00. The van der Waals surface area contributed by atoms with Crippen LogP contribution in [0.3, 0.4) is 0 Å². The molecule has 1 aromatic rings. The summed E-state index contributed by atoms with van der Waals surface area (Å²) >= 11 is 0. The first-order chi connectivity index (χ1) is 6.74. The Bertz CT molecular complexity index is 446. The van der Waals surface area contributed by atoms with Crippen LogP contribution in [0.4, 0.5) is 0 Å². The highest BCUT2D eigenvalue weighted by Crippen LogP contribution is 2.03. The van der Waals surface area contributed by atoms with Gasteiger partial charge in [0, 0.05) is 5.56 Å². The van der Waals surface area contributed by atoms with Gasteiger partial charge < -0.3 is 5.11 Å². The Balaban J connectivity index is 2.92. The van der Waals surface area contributed by atoms with Gasteiger partial charge in [-0.3, -0.25) is 0 Å². The van der Waals surface area contributed by atoms with Crippen LogP contribution in [-0.2, 0) is 0 Å². The van der Waals surface area contributed by atoms with Crippen LogP contribution in [0.15, 0.2) is 24.3 Å². The topological polar surface area (TPSA) is 61.1 Å². The van der Waals surface area contributed by atoms with E-state index in [1.807, 2.05) is 6.07 Å². The van der Waals surface area contributed by atoms with Gasteiger partial charge in [-0.2, -0.15) is 5.26 Å². The fourth-order valence-corrected chi connectivity index (χ4v) is 0.916. The first-order valence-corrected chi connectivity index (χ1v) is 3.93. The van der Waals surface area contributed by atoms with E-state index in [4.69, 9.17) is 10.4 Å². The SMILES string of the molecule is N#CCC#Cc1cccc(C(=O)O)c1. The summed E-state index contributed by atoms with van der Waals surface area (Å²) in [4.78, 5) is 10.6. The molecule has 0 aliphatic heterocycles. The summed E-state index contributed by atoms with van der Waals surface area (Å²) in [6.45, 7) is 0. The van der Waals surface area contributed by atoms with Crippen molar-refractivity contribution in [2.45, 2.75) is 6.42 Å². The molecule has 0 saturated carbocycles. The third-order valence-electron chi connectivity index (χ3n) is 1.51. The van der Waals surface area contributed by atoms with Gasteiger partial charge in [0.1, 0.15) is 0 Å². The quantitative estimate of drug-likeness (QED) is 0.676. The van der Waals surface area contributed by atoms with Crippen molar-refractivity contribution in [1.29, 1.82) is 5.26 Å². The van der Waals surface area contributed by atoms with E-state index in [0.717, 1.165) is 0 Å².